The van der Waals surface area contributed by atoms with Gasteiger partial charge in [0.2, 0.25) is 5.95 Å². The van der Waals surface area contributed by atoms with E-state index in [4.69, 9.17) is 9.15 Å². The predicted octanol–water partition coefficient (Wildman–Crippen LogP) is 3.39. The molecule has 0 spiro atoms. The van der Waals surface area contributed by atoms with Crippen LogP contribution >= 0.6 is 11.3 Å². The number of fused-ring (bicyclic) bond motifs is 1. The summed E-state index contributed by atoms with van der Waals surface area (Å²) in [6.45, 7) is 3.52. The number of carbonyl (C=O) groups is 2. The van der Waals surface area contributed by atoms with E-state index in [1.807, 2.05) is 6.07 Å². The molecule has 2 amide bonds. The molecule has 11 heteroatoms. The number of thiophene rings is 1. The van der Waals surface area contributed by atoms with Crippen molar-refractivity contribution in [3.63, 3.8) is 0 Å². The highest BCUT2D eigenvalue weighted by molar-refractivity contribution is 7.17. The lowest BCUT2D eigenvalue weighted by Gasteiger charge is -2.20. The van der Waals surface area contributed by atoms with Gasteiger partial charge in [-0.05, 0) is 44.2 Å². The number of carbonyl (C=O) groups excluding carboxylic acids is 2. The first-order chi connectivity index (χ1) is 16.2. The van der Waals surface area contributed by atoms with E-state index < -0.39 is 5.60 Å². The van der Waals surface area contributed by atoms with Gasteiger partial charge in [0.1, 0.15) is 6.61 Å². The molecule has 0 atom stereocenters. The summed E-state index contributed by atoms with van der Waals surface area (Å²) in [6, 6.07) is 8.84. The van der Waals surface area contributed by atoms with E-state index in [-0.39, 0.29) is 25.0 Å². The van der Waals surface area contributed by atoms with Gasteiger partial charge in [-0.3, -0.25) is 14.9 Å². The monoisotopic (exact) mass is 483 g/mol. The zero-order valence-electron chi connectivity index (χ0n) is 19.2. The van der Waals surface area contributed by atoms with Crippen LogP contribution in [0, 0.1) is 0 Å². The standard InChI is InChI=1S/C23H25N5O5S/c1-23(2,31)12-28-16-6-5-14(27(3)20(29)11-32-4)9-15(16)25-22(28)26-21(30)19-8-7-18(34-19)17-10-24-13-33-17/h5-10,13,31H,11-12H2,1-4H3,(H,25,26,30). The molecule has 0 saturated heterocycles. The molecule has 1 aromatic carbocycles. The molecule has 0 saturated carbocycles. The largest absolute Gasteiger partial charge is 0.443 e. The van der Waals surface area contributed by atoms with Gasteiger partial charge in [0.05, 0.1) is 39.1 Å². The third kappa shape index (κ3) is 5.01. The van der Waals surface area contributed by atoms with E-state index in [1.165, 1.54) is 29.7 Å². The Morgan fingerprint density at radius 3 is 2.76 bits per heavy atom. The topological polar surface area (TPSA) is 123 Å². The van der Waals surface area contributed by atoms with Crippen molar-refractivity contribution in [2.45, 2.75) is 26.0 Å². The van der Waals surface area contributed by atoms with E-state index in [0.29, 0.717) is 33.3 Å². The lowest BCUT2D eigenvalue weighted by molar-refractivity contribution is -0.121. The van der Waals surface area contributed by atoms with Crippen LogP contribution < -0.4 is 10.2 Å². The summed E-state index contributed by atoms with van der Waals surface area (Å²) < 4.78 is 12.0. The van der Waals surface area contributed by atoms with Gasteiger partial charge in [-0.25, -0.2) is 9.97 Å². The smallest absolute Gasteiger partial charge is 0.268 e. The number of aromatic nitrogens is 3. The first kappa shape index (κ1) is 23.6. The van der Waals surface area contributed by atoms with Crippen molar-refractivity contribution in [3.05, 3.63) is 47.8 Å². The van der Waals surface area contributed by atoms with Crippen molar-refractivity contribution in [2.24, 2.45) is 0 Å². The van der Waals surface area contributed by atoms with Crippen molar-refractivity contribution in [3.8, 4) is 10.6 Å². The van der Waals surface area contributed by atoms with Gasteiger partial charge in [-0.15, -0.1) is 11.3 Å². The van der Waals surface area contributed by atoms with Gasteiger partial charge in [0.15, 0.2) is 12.2 Å². The minimum Gasteiger partial charge on any atom is -0.443 e. The first-order valence-electron chi connectivity index (χ1n) is 10.4. The van der Waals surface area contributed by atoms with Crippen molar-refractivity contribution in [1.29, 1.82) is 0 Å². The average molecular weight is 484 g/mol. The molecule has 0 radical (unpaired) electrons. The van der Waals surface area contributed by atoms with E-state index in [1.54, 1.807) is 55.9 Å². The maximum Gasteiger partial charge on any atom is 0.268 e. The Kier molecular flexibility index (Phi) is 6.51. The maximum absolute atomic E-state index is 13.0. The van der Waals surface area contributed by atoms with Gasteiger partial charge in [-0.1, -0.05) is 0 Å². The SMILES string of the molecule is COCC(=O)N(C)c1ccc2c(c1)nc(NC(=O)c1ccc(-c3cnco3)s1)n2CC(C)(C)O. The van der Waals surface area contributed by atoms with Gasteiger partial charge in [-0.2, -0.15) is 0 Å². The Balaban J connectivity index is 1.66. The number of ether oxygens (including phenoxy) is 1. The molecule has 0 aliphatic heterocycles. The summed E-state index contributed by atoms with van der Waals surface area (Å²) in [7, 11) is 3.12. The summed E-state index contributed by atoms with van der Waals surface area (Å²) in [5.74, 6) is 0.333. The molecule has 34 heavy (non-hydrogen) atoms. The Morgan fingerprint density at radius 1 is 1.29 bits per heavy atom. The number of benzene rings is 1. The van der Waals surface area contributed by atoms with Crippen molar-refractivity contribution in [2.75, 3.05) is 31.0 Å². The predicted molar refractivity (Wildman–Crippen MR) is 129 cm³/mol. The molecule has 3 heterocycles. The highest BCUT2D eigenvalue weighted by atomic mass is 32.1. The fourth-order valence-corrected chi connectivity index (χ4v) is 4.28. The van der Waals surface area contributed by atoms with E-state index in [0.717, 1.165) is 4.88 Å². The number of likely N-dealkylation sites (N-methyl/N-ethyl adjacent to an activating group) is 1. The third-order valence-electron chi connectivity index (χ3n) is 5.04. The van der Waals surface area contributed by atoms with Crippen molar-refractivity contribution in [1.82, 2.24) is 14.5 Å². The summed E-state index contributed by atoms with van der Waals surface area (Å²) >= 11 is 1.27. The van der Waals surface area contributed by atoms with Gasteiger partial charge in [0, 0.05) is 19.8 Å². The van der Waals surface area contributed by atoms with E-state index in [2.05, 4.69) is 15.3 Å². The number of hydrogen-bond donors (Lipinski definition) is 2. The van der Waals surface area contributed by atoms with Crippen LogP contribution in [-0.4, -0.2) is 57.8 Å². The Labute approximate surface area is 199 Å². The summed E-state index contributed by atoms with van der Waals surface area (Å²) in [5, 5.41) is 13.3. The van der Waals surface area contributed by atoms with Gasteiger partial charge in [0.25, 0.3) is 11.8 Å². The molecular formula is C23H25N5O5S. The van der Waals surface area contributed by atoms with Crippen LogP contribution in [0.4, 0.5) is 11.6 Å². The fraction of sp³-hybridized carbons (Fsp3) is 0.304. The van der Waals surface area contributed by atoms with Crippen LogP contribution in [0.5, 0.6) is 0 Å². The Bertz CT molecular complexity index is 1320. The number of hydrogen-bond acceptors (Lipinski definition) is 8. The van der Waals surface area contributed by atoms with Crippen LogP contribution in [0.2, 0.25) is 0 Å². The minimum atomic E-state index is -1.06. The molecule has 178 valence electrons. The van der Waals surface area contributed by atoms with Crippen molar-refractivity contribution >= 4 is 45.8 Å². The Hall–Kier alpha value is -3.54. The molecule has 4 aromatic rings. The lowest BCUT2D eigenvalue weighted by Crippen LogP contribution is -2.29. The second kappa shape index (κ2) is 9.37. The number of amides is 2. The van der Waals surface area contributed by atoms with Gasteiger partial charge >= 0.3 is 0 Å². The molecule has 10 nitrogen and oxygen atoms in total. The van der Waals surface area contributed by atoms with Crippen LogP contribution in [0.15, 0.2) is 47.3 Å². The third-order valence-corrected chi connectivity index (χ3v) is 6.13. The molecule has 2 N–H and O–H groups in total. The number of aliphatic hydroxyl groups is 1. The number of nitrogens with zero attached hydrogens (tertiary/aromatic N) is 4. The molecule has 4 rings (SSSR count). The number of rotatable bonds is 8. The molecule has 0 fully saturated rings. The zero-order chi connectivity index (χ0) is 24.5. The molecule has 0 unspecified atom stereocenters. The molecule has 0 bridgehead atoms. The average Bonchev–Trinajstić information content (AvgIpc) is 3.53. The normalized spacial score (nSPS) is 11.7. The second-order valence-electron chi connectivity index (χ2n) is 8.38. The number of imidazole rings is 1. The fourth-order valence-electron chi connectivity index (χ4n) is 3.43. The zero-order valence-corrected chi connectivity index (χ0v) is 20.0. The molecular weight excluding hydrogens is 458 g/mol. The van der Waals surface area contributed by atoms with Crippen LogP contribution in [0.25, 0.3) is 21.7 Å². The summed E-state index contributed by atoms with van der Waals surface area (Å²) in [4.78, 5) is 36.4. The highest BCUT2D eigenvalue weighted by Gasteiger charge is 2.22. The molecule has 0 aliphatic rings. The minimum absolute atomic E-state index is 0.0418. The number of anilines is 2. The summed E-state index contributed by atoms with van der Waals surface area (Å²) in [6.07, 6.45) is 2.92. The Morgan fingerprint density at radius 2 is 2.09 bits per heavy atom. The quantitative estimate of drug-likeness (QED) is 0.394. The number of methoxy groups -OCH3 is 1. The summed E-state index contributed by atoms with van der Waals surface area (Å²) in [5.41, 5.74) is 0.861. The number of nitrogens with one attached hydrogen (secondary N) is 1. The van der Waals surface area contributed by atoms with Crippen LogP contribution in [0.1, 0.15) is 23.5 Å². The first-order valence-corrected chi connectivity index (χ1v) is 11.3. The van der Waals surface area contributed by atoms with Crippen LogP contribution in [-0.2, 0) is 16.1 Å². The van der Waals surface area contributed by atoms with Crippen LogP contribution in [0.3, 0.4) is 0 Å². The lowest BCUT2D eigenvalue weighted by atomic mass is 10.1. The van der Waals surface area contributed by atoms with E-state index in [9.17, 15) is 14.7 Å². The second-order valence-corrected chi connectivity index (χ2v) is 9.46. The highest BCUT2D eigenvalue weighted by Crippen LogP contribution is 2.30. The molecule has 3 aromatic heterocycles. The van der Waals surface area contributed by atoms with E-state index >= 15 is 0 Å². The molecule has 0 aliphatic carbocycles. The maximum atomic E-state index is 13.0. The van der Waals surface area contributed by atoms with Gasteiger partial charge < -0.3 is 23.7 Å². The van der Waals surface area contributed by atoms with Crippen molar-refractivity contribution < 1.29 is 23.8 Å². The number of oxazole rings is 1.